The summed E-state index contributed by atoms with van der Waals surface area (Å²) in [6, 6.07) is 10.1. The maximum absolute atomic E-state index is 5.26. The highest BCUT2D eigenvalue weighted by Gasteiger charge is 1.91. The summed E-state index contributed by atoms with van der Waals surface area (Å²) in [6.07, 6.45) is 4.70. The SMILES string of the molecule is CCC(C=NNC(N)=S)=Cc1ccccc1. The van der Waals surface area contributed by atoms with Gasteiger partial charge in [-0.05, 0) is 29.8 Å². The Morgan fingerprint density at radius 3 is 2.69 bits per heavy atom. The number of nitrogens with zero attached hydrogens (tertiary/aromatic N) is 1. The van der Waals surface area contributed by atoms with Gasteiger partial charge in [-0.3, -0.25) is 5.43 Å². The van der Waals surface area contributed by atoms with E-state index in [1.807, 2.05) is 30.3 Å². The predicted molar refractivity (Wildman–Crippen MR) is 73.1 cm³/mol. The van der Waals surface area contributed by atoms with E-state index in [4.69, 9.17) is 5.73 Å². The first kappa shape index (κ1) is 12.4. The quantitative estimate of drug-likeness (QED) is 0.476. The third-order valence-electron chi connectivity index (χ3n) is 1.96. The second-order valence-corrected chi connectivity index (χ2v) is 3.66. The lowest BCUT2D eigenvalue weighted by atomic mass is 10.1. The van der Waals surface area contributed by atoms with E-state index in [0.717, 1.165) is 17.6 Å². The highest BCUT2D eigenvalue weighted by atomic mass is 32.1. The van der Waals surface area contributed by atoms with Crippen molar-refractivity contribution in [2.24, 2.45) is 10.8 Å². The summed E-state index contributed by atoms with van der Waals surface area (Å²) in [5, 5.41) is 4.10. The predicted octanol–water partition coefficient (Wildman–Crippen LogP) is 2.30. The van der Waals surface area contributed by atoms with Gasteiger partial charge in [0.1, 0.15) is 0 Å². The van der Waals surface area contributed by atoms with E-state index in [1.165, 1.54) is 0 Å². The van der Waals surface area contributed by atoms with E-state index in [2.05, 4.69) is 35.7 Å². The maximum atomic E-state index is 5.26. The molecule has 0 aliphatic rings. The van der Waals surface area contributed by atoms with Crippen molar-refractivity contribution in [1.82, 2.24) is 5.43 Å². The third-order valence-corrected chi connectivity index (χ3v) is 2.06. The maximum Gasteiger partial charge on any atom is 0.184 e. The molecule has 3 N–H and O–H groups in total. The van der Waals surface area contributed by atoms with Crippen LogP contribution in [0.2, 0.25) is 0 Å². The summed E-state index contributed by atoms with van der Waals surface area (Å²) in [5.41, 5.74) is 10.1. The molecule has 0 heterocycles. The lowest BCUT2D eigenvalue weighted by Gasteiger charge is -1.98. The smallest absolute Gasteiger partial charge is 0.184 e. The summed E-state index contributed by atoms with van der Waals surface area (Å²) in [6.45, 7) is 2.07. The first-order valence-electron chi connectivity index (χ1n) is 5.06. The van der Waals surface area contributed by atoms with E-state index in [1.54, 1.807) is 6.21 Å². The van der Waals surface area contributed by atoms with Crippen LogP contribution in [-0.4, -0.2) is 11.3 Å². The van der Waals surface area contributed by atoms with Crippen LogP contribution >= 0.6 is 12.2 Å². The van der Waals surface area contributed by atoms with E-state index in [9.17, 15) is 0 Å². The van der Waals surface area contributed by atoms with Crippen molar-refractivity contribution in [1.29, 1.82) is 0 Å². The molecule has 0 aliphatic carbocycles. The number of allylic oxidation sites excluding steroid dienone is 1. The van der Waals surface area contributed by atoms with Crippen LogP contribution in [0.1, 0.15) is 18.9 Å². The van der Waals surface area contributed by atoms with Gasteiger partial charge in [0.2, 0.25) is 0 Å². The average molecular weight is 233 g/mol. The minimum atomic E-state index is 0.173. The Morgan fingerprint density at radius 2 is 2.12 bits per heavy atom. The van der Waals surface area contributed by atoms with Crippen LogP contribution in [0, 0.1) is 0 Å². The monoisotopic (exact) mass is 233 g/mol. The largest absolute Gasteiger partial charge is 0.375 e. The first-order chi connectivity index (χ1) is 7.72. The average Bonchev–Trinajstić information content (AvgIpc) is 2.28. The first-order valence-corrected chi connectivity index (χ1v) is 5.47. The molecular formula is C12H15N3S. The zero-order valence-corrected chi connectivity index (χ0v) is 10.00. The Labute approximate surface area is 101 Å². The van der Waals surface area contributed by atoms with Gasteiger partial charge < -0.3 is 5.73 Å². The molecule has 0 amide bonds. The molecule has 1 aromatic carbocycles. The highest BCUT2D eigenvalue weighted by molar-refractivity contribution is 7.80. The van der Waals surface area contributed by atoms with Crippen LogP contribution in [-0.2, 0) is 0 Å². The lowest BCUT2D eigenvalue weighted by molar-refractivity contribution is 1.03. The highest BCUT2D eigenvalue weighted by Crippen LogP contribution is 2.07. The van der Waals surface area contributed by atoms with Crippen LogP contribution in [0.25, 0.3) is 6.08 Å². The van der Waals surface area contributed by atoms with Gasteiger partial charge in [0, 0.05) is 0 Å². The van der Waals surface area contributed by atoms with Gasteiger partial charge in [-0.2, -0.15) is 5.10 Å². The summed E-state index contributed by atoms with van der Waals surface area (Å²) < 4.78 is 0. The molecule has 3 nitrogen and oxygen atoms in total. The van der Waals surface area contributed by atoms with Crippen molar-refractivity contribution < 1.29 is 0 Å². The molecule has 0 saturated heterocycles. The zero-order chi connectivity index (χ0) is 11.8. The fraction of sp³-hybridized carbons (Fsp3) is 0.167. The number of nitrogens with one attached hydrogen (secondary N) is 1. The van der Waals surface area contributed by atoms with Gasteiger partial charge in [0.15, 0.2) is 5.11 Å². The van der Waals surface area contributed by atoms with Crippen LogP contribution < -0.4 is 11.2 Å². The Kier molecular flexibility index (Phi) is 5.22. The lowest BCUT2D eigenvalue weighted by Crippen LogP contribution is -2.24. The molecule has 0 aromatic heterocycles. The second-order valence-electron chi connectivity index (χ2n) is 3.22. The molecule has 0 spiro atoms. The van der Waals surface area contributed by atoms with Crippen molar-refractivity contribution in [2.75, 3.05) is 0 Å². The standard InChI is InChI=1S/C12H15N3S/c1-2-10(9-14-15-12(13)16)8-11-6-4-3-5-7-11/h3-9H,2H2,1H3,(H3,13,15,16). The Morgan fingerprint density at radius 1 is 1.44 bits per heavy atom. The summed E-state index contributed by atoms with van der Waals surface area (Å²) in [7, 11) is 0. The van der Waals surface area contributed by atoms with Crippen molar-refractivity contribution in [2.45, 2.75) is 13.3 Å². The molecule has 0 bridgehead atoms. The van der Waals surface area contributed by atoms with Gasteiger partial charge >= 0.3 is 0 Å². The van der Waals surface area contributed by atoms with Crippen molar-refractivity contribution in [3.8, 4) is 0 Å². The normalized spacial score (nSPS) is 11.7. The minimum Gasteiger partial charge on any atom is -0.375 e. The molecule has 0 saturated carbocycles. The van der Waals surface area contributed by atoms with Crippen molar-refractivity contribution in [3.05, 3.63) is 41.5 Å². The molecule has 4 heteroatoms. The number of thiocarbonyl (C=S) groups is 1. The zero-order valence-electron chi connectivity index (χ0n) is 9.18. The van der Waals surface area contributed by atoms with Crippen LogP contribution in [0.3, 0.4) is 0 Å². The molecule has 1 rings (SSSR count). The molecule has 0 atom stereocenters. The molecule has 1 aromatic rings. The number of hydrazone groups is 1. The third kappa shape index (κ3) is 4.70. The van der Waals surface area contributed by atoms with Gasteiger partial charge in [-0.25, -0.2) is 0 Å². The Hall–Kier alpha value is -1.68. The molecule has 0 aliphatic heterocycles. The fourth-order valence-electron chi connectivity index (χ4n) is 1.17. The topological polar surface area (TPSA) is 50.4 Å². The number of rotatable bonds is 4. The number of benzene rings is 1. The van der Waals surface area contributed by atoms with Crippen LogP contribution in [0.15, 0.2) is 41.0 Å². The molecular weight excluding hydrogens is 218 g/mol. The van der Waals surface area contributed by atoms with Crippen LogP contribution in [0.5, 0.6) is 0 Å². The number of hydrogen-bond donors (Lipinski definition) is 2. The molecule has 0 fully saturated rings. The van der Waals surface area contributed by atoms with Gasteiger partial charge in [0.25, 0.3) is 0 Å². The van der Waals surface area contributed by atoms with Gasteiger partial charge in [-0.1, -0.05) is 43.3 Å². The molecule has 0 radical (unpaired) electrons. The minimum absolute atomic E-state index is 0.173. The summed E-state index contributed by atoms with van der Waals surface area (Å²) in [5.74, 6) is 0. The number of hydrogen-bond acceptors (Lipinski definition) is 2. The van der Waals surface area contributed by atoms with Gasteiger partial charge in [0.05, 0.1) is 6.21 Å². The second kappa shape index (κ2) is 6.74. The van der Waals surface area contributed by atoms with E-state index in [0.29, 0.717) is 0 Å². The van der Waals surface area contributed by atoms with E-state index < -0.39 is 0 Å². The summed E-state index contributed by atoms with van der Waals surface area (Å²) >= 11 is 4.65. The van der Waals surface area contributed by atoms with E-state index in [-0.39, 0.29) is 5.11 Å². The number of nitrogens with two attached hydrogens (primary N) is 1. The summed E-state index contributed by atoms with van der Waals surface area (Å²) in [4.78, 5) is 0. The van der Waals surface area contributed by atoms with E-state index >= 15 is 0 Å². The fourth-order valence-corrected chi connectivity index (χ4v) is 1.23. The van der Waals surface area contributed by atoms with Crippen molar-refractivity contribution in [3.63, 3.8) is 0 Å². The molecule has 0 unspecified atom stereocenters. The Bertz CT molecular complexity index is 396. The molecule has 84 valence electrons. The van der Waals surface area contributed by atoms with Crippen molar-refractivity contribution >= 4 is 29.6 Å². The van der Waals surface area contributed by atoms with Gasteiger partial charge in [-0.15, -0.1) is 0 Å². The van der Waals surface area contributed by atoms with Crippen LogP contribution in [0.4, 0.5) is 0 Å². The Balaban J connectivity index is 2.71. The molecule has 16 heavy (non-hydrogen) atoms.